The second-order valence-corrected chi connectivity index (χ2v) is 5.38. The van der Waals surface area contributed by atoms with Crippen LogP contribution < -0.4 is 15.0 Å². The van der Waals surface area contributed by atoms with Crippen molar-refractivity contribution in [1.82, 2.24) is 5.32 Å². The molecule has 0 aromatic heterocycles. The molecule has 21 heavy (non-hydrogen) atoms. The van der Waals surface area contributed by atoms with E-state index in [4.69, 9.17) is 21.6 Å². The van der Waals surface area contributed by atoms with Gasteiger partial charge in [-0.2, -0.15) is 5.26 Å². The summed E-state index contributed by atoms with van der Waals surface area (Å²) in [4.78, 5) is 14.0. The Labute approximate surface area is 127 Å². The van der Waals surface area contributed by atoms with Gasteiger partial charge in [-0.1, -0.05) is 11.6 Å². The number of nitrogens with one attached hydrogen (secondary N) is 1. The Balaban J connectivity index is 2.06. The van der Waals surface area contributed by atoms with E-state index in [-0.39, 0.29) is 12.5 Å². The molecule has 2 aliphatic rings. The van der Waals surface area contributed by atoms with Gasteiger partial charge in [-0.3, -0.25) is 9.69 Å². The van der Waals surface area contributed by atoms with Gasteiger partial charge in [-0.05, 0) is 49.7 Å². The maximum absolute atomic E-state index is 12.6. The van der Waals surface area contributed by atoms with Crippen LogP contribution in [0.2, 0.25) is 5.02 Å². The Morgan fingerprint density at radius 1 is 1.38 bits per heavy atom. The van der Waals surface area contributed by atoms with Crippen molar-refractivity contribution in [3.05, 3.63) is 34.6 Å². The first-order valence-corrected chi connectivity index (χ1v) is 7.17. The first kappa shape index (κ1) is 13.9. The Morgan fingerprint density at radius 2 is 2.14 bits per heavy atom. The zero-order valence-corrected chi connectivity index (χ0v) is 12.1. The maximum Gasteiger partial charge on any atom is 0.294 e. The third kappa shape index (κ3) is 2.60. The van der Waals surface area contributed by atoms with E-state index in [1.54, 1.807) is 18.2 Å². The molecule has 0 spiro atoms. The molecule has 1 N–H and O–H groups in total. The summed E-state index contributed by atoms with van der Waals surface area (Å²) in [5, 5.41) is 12.7. The van der Waals surface area contributed by atoms with Crippen LogP contribution in [-0.4, -0.2) is 25.5 Å². The summed E-state index contributed by atoms with van der Waals surface area (Å²) >= 11 is 5.98. The van der Waals surface area contributed by atoms with Crippen LogP contribution in [0, 0.1) is 11.3 Å². The van der Waals surface area contributed by atoms with Crippen molar-refractivity contribution in [1.29, 1.82) is 5.26 Å². The minimum Gasteiger partial charge on any atom is -0.449 e. The second-order valence-electron chi connectivity index (χ2n) is 4.95. The van der Waals surface area contributed by atoms with Gasteiger partial charge in [-0.25, -0.2) is 0 Å². The van der Waals surface area contributed by atoms with Crippen molar-refractivity contribution < 1.29 is 9.53 Å². The quantitative estimate of drug-likeness (QED) is 0.638. The van der Waals surface area contributed by atoms with E-state index in [0.717, 1.165) is 31.5 Å². The normalized spacial score (nSPS) is 18.1. The standard InChI is InChI=1S/C15H14ClN3O2/c16-11-1-2-13-12(9-11)19(8-5-17)15(20)14(21-13)10-3-6-18-7-4-10/h1-2,9,18H,3-4,6-8H2. The Hall–Kier alpha value is -2.03. The molecule has 0 unspecified atom stereocenters. The molecule has 108 valence electrons. The number of hydrogen-bond acceptors (Lipinski definition) is 4. The fraction of sp³-hybridized carbons (Fsp3) is 0.333. The van der Waals surface area contributed by atoms with Gasteiger partial charge in [0, 0.05) is 5.02 Å². The predicted octanol–water partition coefficient (Wildman–Crippen LogP) is 2.23. The summed E-state index contributed by atoms with van der Waals surface area (Å²) in [5.41, 5.74) is 1.55. The monoisotopic (exact) mass is 303 g/mol. The van der Waals surface area contributed by atoms with Crippen LogP contribution in [0.4, 0.5) is 5.69 Å². The number of nitriles is 1. The maximum atomic E-state index is 12.6. The van der Waals surface area contributed by atoms with Crippen molar-refractivity contribution in [3.8, 4) is 11.8 Å². The van der Waals surface area contributed by atoms with E-state index < -0.39 is 0 Å². The number of fused-ring (bicyclic) bond motifs is 1. The minimum absolute atomic E-state index is 0.0232. The SMILES string of the molecule is N#CCN1C(=O)C(=C2CCNCC2)Oc2ccc(Cl)cc21. The zero-order valence-electron chi connectivity index (χ0n) is 11.4. The van der Waals surface area contributed by atoms with E-state index in [1.165, 1.54) is 4.90 Å². The molecule has 1 fully saturated rings. The molecule has 1 aromatic carbocycles. The fourth-order valence-electron chi connectivity index (χ4n) is 2.58. The number of nitrogens with zero attached hydrogens (tertiary/aromatic N) is 2. The van der Waals surface area contributed by atoms with Gasteiger partial charge in [0.15, 0.2) is 11.5 Å². The smallest absolute Gasteiger partial charge is 0.294 e. The van der Waals surface area contributed by atoms with Crippen molar-refractivity contribution in [3.63, 3.8) is 0 Å². The Bertz CT molecular complexity index is 655. The first-order valence-electron chi connectivity index (χ1n) is 6.79. The number of ether oxygens (including phenoxy) is 1. The lowest BCUT2D eigenvalue weighted by atomic mass is 10.0. The van der Waals surface area contributed by atoms with Crippen LogP contribution in [0.5, 0.6) is 5.75 Å². The van der Waals surface area contributed by atoms with Crippen molar-refractivity contribution in [2.75, 3.05) is 24.5 Å². The lowest BCUT2D eigenvalue weighted by Crippen LogP contribution is -2.39. The topological polar surface area (TPSA) is 65.4 Å². The average Bonchev–Trinajstić information content (AvgIpc) is 2.51. The molecule has 5 nitrogen and oxygen atoms in total. The average molecular weight is 304 g/mol. The van der Waals surface area contributed by atoms with Crippen LogP contribution in [0.15, 0.2) is 29.5 Å². The highest BCUT2D eigenvalue weighted by Gasteiger charge is 2.32. The van der Waals surface area contributed by atoms with Gasteiger partial charge in [0.25, 0.3) is 5.91 Å². The van der Waals surface area contributed by atoms with E-state index in [9.17, 15) is 4.79 Å². The number of amides is 1. The fourth-order valence-corrected chi connectivity index (χ4v) is 2.75. The first-order chi connectivity index (χ1) is 10.2. The molecule has 6 heteroatoms. The molecule has 0 saturated carbocycles. The molecular formula is C15H14ClN3O2. The van der Waals surface area contributed by atoms with Gasteiger partial charge in [0.1, 0.15) is 6.54 Å². The third-order valence-electron chi connectivity index (χ3n) is 3.62. The molecule has 0 atom stereocenters. The number of carbonyl (C=O) groups is 1. The van der Waals surface area contributed by atoms with E-state index in [0.29, 0.717) is 22.2 Å². The highest BCUT2D eigenvalue weighted by atomic mass is 35.5. The number of benzene rings is 1. The third-order valence-corrected chi connectivity index (χ3v) is 3.86. The Kier molecular flexibility index (Phi) is 3.82. The summed E-state index contributed by atoms with van der Waals surface area (Å²) in [5.74, 6) is 0.667. The molecule has 1 amide bonds. The number of rotatable bonds is 1. The predicted molar refractivity (Wildman–Crippen MR) is 79.2 cm³/mol. The lowest BCUT2D eigenvalue weighted by molar-refractivity contribution is -0.117. The summed E-state index contributed by atoms with van der Waals surface area (Å²) < 4.78 is 5.81. The molecule has 0 bridgehead atoms. The van der Waals surface area contributed by atoms with Gasteiger partial charge in [0.2, 0.25) is 0 Å². The molecule has 2 aliphatic heterocycles. The van der Waals surface area contributed by atoms with Crippen LogP contribution in [0.1, 0.15) is 12.8 Å². The highest BCUT2D eigenvalue weighted by molar-refractivity contribution is 6.31. The van der Waals surface area contributed by atoms with E-state index >= 15 is 0 Å². The molecular weight excluding hydrogens is 290 g/mol. The van der Waals surface area contributed by atoms with Gasteiger partial charge < -0.3 is 10.1 Å². The highest BCUT2D eigenvalue weighted by Crippen LogP contribution is 2.38. The number of halogens is 1. The van der Waals surface area contributed by atoms with E-state index in [2.05, 4.69) is 5.32 Å². The number of hydrogen-bond donors (Lipinski definition) is 1. The van der Waals surface area contributed by atoms with Gasteiger partial charge in [0.05, 0.1) is 11.8 Å². The lowest BCUT2D eigenvalue weighted by Gasteiger charge is -2.31. The number of anilines is 1. The summed E-state index contributed by atoms with van der Waals surface area (Å²) in [6.45, 7) is 1.65. The minimum atomic E-state index is -0.261. The largest absolute Gasteiger partial charge is 0.449 e. The van der Waals surface area contributed by atoms with Crippen molar-refractivity contribution in [2.45, 2.75) is 12.8 Å². The van der Waals surface area contributed by atoms with Crippen LogP contribution in [0.25, 0.3) is 0 Å². The molecule has 2 heterocycles. The van der Waals surface area contributed by atoms with Crippen LogP contribution >= 0.6 is 11.6 Å². The molecule has 1 aromatic rings. The molecule has 0 aliphatic carbocycles. The van der Waals surface area contributed by atoms with E-state index in [1.807, 2.05) is 6.07 Å². The molecule has 0 radical (unpaired) electrons. The summed E-state index contributed by atoms with van der Waals surface area (Å²) in [6, 6.07) is 7.12. The Morgan fingerprint density at radius 3 is 2.86 bits per heavy atom. The molecule has 3 rings (SSSR count). The summed E-state index contributed by atoms with van der Waals surface area (Å²) in [6.07, 6.45) is 1.56. The summed E-state index contributed by atoms with van der Waals surface area (Å²) in [7, 11) is 0. The van der Waals surface area contributed by atoms with Crippen molar-refractivity contribution in [2.24, 2.45) is 0 Å². The second kappa shape index (κ2) is 5.76. The van der Waals surface area contributed by atoms with Crippen LogP contribution in [0.3, 0.4) is 0 Å². The van der Waals surface area contributed by atoms with Crippen LogP contribution in [-0.2, 0) is 4.79 Å². The molecule has 1 saturated heterocycles. The number of carbonyl (C=O) groups excluding carboxylic acids is 1. The van der Waals surface area contributed by atoms with Crippen molar-refractivity contribution >= 4 is 23.2 Å². The van der Waals surface area contributed by atoms with Gasteiger partial charge in [-0.15, -0.1) is 0 Å². The number of piperidine rings is 1. The van der Waals surface area contributed by atoms with Gasteiger partial charge >= 0.3 is 0 Å². The zero-order chi connectivity index (χ0) is 14.8.